The van der Waals surface area contributed by atoms with Crippen molar-refractivity contribution in [1.29, 1.82) is 0 Å². The van der Waals surface area contributed by atoms with Crippen LogP contribution in [0.4, 0.5) is 0 Å². The number of carbonyl (C=O) groups is 1. The molecule has 2 aromatic rings. The molecular weight excluding hydrogens is 266 g/mol. The van der Waals surface area contributed by atoms with Crippen LogP contribution in [0.5, 0.6) is 0 Å². The Morgan fingerprint density at radius 3 is 2.32 bits per heavy atom. The fraction of sp³-hybridized carbons (Fsp3) is 0.231. The van der Waals surface area contributed by atoms with Gasteiger partial charge in [0.15, 0.2) is 5.82 Å². The van der Waals surface area contributed by atoms with E-state index >= 15 is 0 Å². The van der Waals surface area contributed by atoms with Crippen molar-refractivity contribution in [3.05, 3.63) is 40.3 Å². The van der Waals surface area contributed by atoms with Gasteiger partial charge in [-0.05, 0) is 26.0 Å². The minimum atomic E-state index is -0.439. The number of hydrogen-bond donors (Lipinski definition) is 0. The zero-order chi connectivity index (χ0) is 14.0. The van der Waals surface area contributed by atoms with Gasteiger partial charge in [0.25, 0.3) is 0 Å². The Hall–Kier alpha value is -2.01. The summed E-state index contributed by atoms with van der Waals surface area (Å²) in [5, 5.41) is 0.545. The molecule has 0 amide bonds. The van der Waals surface area contributed by atoms with E-state index in [9.17, 15) is 4.79 Å². The summed E-state index contributed by atoms with van der Waals surface area (Å²) in [6.45, 7) is 3.47. The Bertz CT molecular complexity index is 603. The van der Waals surface area contributed by atoms with Crippen molar-refractivity contribution in [3.8, 4) is 11.5 Å². The first-order valence-corrected chi connectivity index (χ1v) is 5.96. The van der Waals surface area contributed by atoms with Gasteiger partial charge in [-0.1, -0.05) is 11.6 Å². The number of ether oxygens (including phenoxy) is 1. The molecule has 0 N–H and O–H groups in total. The van der Waals surface area contributed by atoms with Gasteiger partial charge in [0, 0.05) is 6.20 Å². The molecule has 0 aromatic carbocycles. The average Bonchev–Trinajstić information content (AvgIpc) is 2.38. The quantitative estimate of drug-likeness (QED) is 0.790. The number of rotatable bonds is 2. The molecule has 0 aliphatic heterocycles. The van der Waals surface area contributed by atoms with Crippen molar-refractivity contribution < 1.29 is 9.53 Å². The molecule has 0 unspecified atom stereocenters. The normalized spacial score (nSPS) is 10.3. The lowest BCUT2D eigenvalue weighted by atomic mass is 10.1. The molecule has 0 aliphatic carbocycles. The van der Waals surface area contributed by atoms with Crippen LogP contribution < -0.4 is 0 Å². The lowest BCUT2D eigenvalue weighted by Crippen LogP contribution is -2.11. The molecule has 2 aromatic heterocycles. The summed E-state index contributed by atoms with van der Waals surface area (Å²) in [5.74, 6) is 0.0185. The average molecular weight is 278 g/mol. The third kappa shape index (κ3) is 2.71. The summed E-state index contributed by atoms with van der Waals surface area (Å²) in [6, 6.07) is 3.44. The molecule has 0 saturated carbocycles. The van der Waals surface area contributed by atoms with Crippen molar-refractivity contribution in [2.45, 2.75) is 13.8 Å². The van der Waals surface area contributed by atoms with Crippen LogP contribution in [0.1, 0.15) is 21.7 Å². The van der Waals surface area contributed by atoms with Gasteiger partial charge in [0.1, 0.15) is 11.3 Å². The molecule has 6 heteroatoms. The smallest absolute Gasteiger partial charge is 0.341 e. The predicted molar refractivity (Wildman–Crippen MR) is 71.1 cm³/mol. The van der Waals surface area contributed by atoms with Crippen LogP contribution in [0.3, 0.4) is 0 Å². The van der Waals surface area contributed by atoms with Gasteiger partial charge in [-0.25, -0.2) is 14.8 Å². The molecule has 0 bridgehead atoms. The summed E-state index contributed by atoms with van der Waals surface area (Å²) in [7, 11) is 1.33. The van der Waals surface area contributed by atoms with Crippen LogP contribution in [-0.2, 0) is 4.74 Å². The van der Waals surface area contributed by atoms with Gasteiger partial charge in [-0.3, -0.25) is 4.98 Å². The number of carbonyl (C=O) groups excluding carboxylic acids is 1. The molecule has 5 nitrogen and oxygen atoms in total. The van der Waals surface area contributed by atoms with Crippen molar-refractivity contribution in [3.63, 3.8) is 0 Å². The van der Waals surface area contributed by atoms with E-state index in [1.54, 1.807) is 26.0 Å². The summed E-state index contributed by atoms with van der Waals surface area (Å²) in [4.78, 5) is 24.3. The molecule has 98 valence electrons. The van der Waals surface area contributed by atoms with E-state index in [0.717, 1.165) is 0 Å². The lowest BCUT2D eigenvalue weighted by molar-refractivity contribution is 0.0598. The highest BCUT2D eigenvalue weighted by Gasteiger charge is 2.17. The summed E-state index contributed by atoms with van der Waals surface area (Å²) in [6.07, 6.45) is 1.53. The van der Waals surface area contributed by atoms with Crippen molar-refractivity contribution >= 4 is 17.6 Å². The Morgan fingerprint density at radius 2 is 1.84 bits per heavy atom. The SMILES string of the molecule is COC(=O)c1c(C)nc(-c2ccc(Cl)cn2)nc1C. The van der Waals surface area contributed by atoms with E-state index in [0.29, 0.717) is 33.5 Å². The highest BCUT2D eigenvalue weighted by molar-refractivity contribution is 6.30. The largest absolute Gasteiger partial charge is 0.465 e. The maximum Gasteiger partial charge on any atom is 0.341 e. The first kappa shape index (κ1) is 13.4. The minimum Gasteiger partial charge on any atom is -0.465 e. The summed E-state index contributed by atoms with van der Waals surface area (Å²) < 4.78 is 4.71. The number of halogens is 1. The molecule has 0 aliphatic rings. The van der Waals surface area contributed by atoms with Gasteiger partial charge in [-0.2, -0.15) is 0 Å². The second kappa shape index (κ2) is 5.32. The highest BCUT2D eigenvalue weighted by Crippen LogP contribution is 2.19. The van der Waals surface area contributed by atoms with Gasteiger partial charge in [0.05, 0.1) is 23.5 Å². The van der Waals surface area contributed by atoms with Gasteiger partial charge in [0.2, 0.25) is 0 Å². The van der Waals surface area contributed by atoms with E-state index in [1.807, 2.05) is 0 Å². The van der Waals surface area contributed by atoms with E-state index in [1.165, 1.54) is 13.3 Å². The fourth-order valence-corrected chi connectivity index (χ4v) is 1.85. The fourth-order valence-electron chi connectivity index (χ4n) is 1.74. The van der Waals surface area contributed by atoms with E-state index < -0.39 is 5.97 Å². The topological polar surface area (TPSA) is 65.0 Å². The monoisotopic (exact) mass is 277 g/mol. The number of methoxy groups -OCH3 is 1. The van der Waals surface area contributed by atoms with Gasteiger partial charge >= 0.3 is 5.97 Å². The molecule has 19 heavy (non-hydrogen) atoms. The van der Waals surface area contributed by atoms with E-state index in [-0.39, 0.29) is 0 Å². The zero-order valence-corrected chi connectivity index (χ0v) is 11.5. The Labute approximate surface area is 115 Å². The standard InChI is InChI=1S/C13H12ClN3O2/c1-7-11(13(18)19-3)8(2)17-12(16-7)10-5-4-9(14)6-15-10/h4-6H,1-3H3. The maximum atomic E-state index is 11.6. The van der Waals surface area contributed by atoms with Crippen LogP contribution in [0.25, 0.3) is 11.5 Å². The molecule has 0 saturated heterocycles. The number of nitrogens with zero attached hydrogens (tertiary/aromatic N) is 3. The predicted octanol–water partition coefficient (Wildman–Crippen LogP) is 2.60. The summed E-state index contributed by atoms with van der Waals surface area (Å²) in [5.41, 5.74) is 2.12. The highest BCUT2D eigenvalue weighted by atomic mass is 35.5. The number of pyridine rings is 1. The third-order valence-corrected chi connectivity index (χ3v) is 2.84. The second-order valence-corrected chi connectivity index (χ2v) is 4.38. The van der Waals surface area contributed by atoms with Crippen molar-refractivity contribution in [2.24, 2.45) is 0 Å². The van der Waals surface area contributed by atoms with E-state index in [2.05, 4.69) is 15.0 Å². The van der Waals surface area contributed by atoms with Crippen LogP contribution in [-0.4, -0.2) is 28.0 Å². The first-order chi connectivity index (χ1) is 9.02. The maximum absolute atomic E-state index is 11.6. The van der Waals surface area contributed by atoms with Gasteiger partial charge in [-0.15, -0.1) is 0 Å². The second-order valence-electron chi connectivity index (χ2n) is 3.95. The van der Waals surface area contributed by atoms with Gasteiger partial charge < -0.3 is 4.74 Å². The Kier molecular flexibility index (Phi) is 3.76. The molecular formula is C13H12ClN3O2. The number of hydrogen-bond acceptors (Lipinski definition) is 5. The molecule has 0 atom stereocenters. The molecule has 2 heterocycles. The molecule has 2 rings (SSSR count). The Morgan fingerprint density at radius 1 is 1.21 bits per heavy atom. The number of aryl methyl sites for hydroxylation is 2. The third-order valence-electron chi connectivity index (χ3n) is 2.62. The Balaban J connectivity index is 2.51. The van der Waals surface area contributed by atoms with Crippen molar-refractivity contribution in [1.82, 2.24) is 15.0 Å². The first-order valence-electron chi connectivity index (χ1n) is 5.58. The van der Waals surface area contributed by atoms with Crippen LogP contribution >= 0.6 is 11.6 Å². The van der Waals surface area contributed by atoms with Crippen LogP contribution in [0.2, 0.25) is 5.02 Å². The molecule has 0 fully saturated rings. The van der Waals surface area contributed by atoms with Crippen LogP contribution in [0.15, 0.2) is 18.3 Å². The minimum absolute atomic E-state index is 0.389. The number of aromatic nitrogens is 3. The van der Waals surface area contributed by atoms with Crippen molar-refractivity contribution in [2.75, 3.05) is 7.11 Å². The van der Waals surface area contributed by atoms with Crippen LogP contribution in [0, 0.1) is 13.8 Å². The lowest BCUT2D eigenvalue weighted by Gasteiger charge is -2.08. The molecule has 0 spiro atoms. The number of esters is 1. The molecule has 0 radical (unpaired) electrons. The zero-order valence-electron chi connectivity index (χ0n) is 10.8. The summed E-state index contributed by atoms with van der Waals surface area (Å²) >= 11 is 5.78. The van der Waals surface area contributed by atoms with E-state index in [4.69, 9.17) is 16.3 Å².